The van der Waals surface area contributed by atoms with Crippen LogP contribution < -0.4 is 5.32 Å². The average Bonchev–Trinajstić information content (AvgIpc) is 3.41. The van der Waals surface area contributed by atoms with Crippen LogP contribution in [0.3, 0.4) is 0 Å². The van der Waals surface area contributed by atoms with Gasteiger partial charge >= 0.3 is 0 Å². The number of hydrogen-bond acceptors (Lipinski definition) is 4. The number of furan rings is 1. The minimum absolute atomic E-state index is 0.176. The molecule has 2 aliphatic rings. The number of ether oxygens (including phenoxy) is 1. The predicted molar refractivity (Wildman–Crippen MR) is 119 cm³/mol. The van der Waals surface area contributed by atoms with E-state index in [-0.39, 0.29) is 23.5 Å². The number of carbonyl (C=O) groups excluding carboxylic acids is 1. The van der Waals surface area contributed by atoms with Crippen LogP contribution in [-0.2, 0) is 16.7 Å². The Balaban J connectivity index is 1.40. The number of carbonyl (C=O) groups is 1. The molecule has 1 N–H and O–H groups in total. The second kappa shape index (κ2) is 8.52. The van der Waals surface area contributed by atoms with Crippen LogP contribution in [0.2, 0.25) is 0 Å². The molecule has 32 heavy (non-hydrogen) atoms. The molecule has 1 aliphatic heterocycles. The minimum Gasteiger partial charge on any atom is -0.468 e. The van der Waals surface area contributed by atoms with Crippen molar-refractivity contribution in [2.75, 3.05) is 20.2 Å². The molecule has 1 fully saturated rings. The molecule has 2 heterocycles. The first-order chi connectivity index (χ1) is 15.6. The van der Waals surface area contributed by atoms with Crippen molar-refractivity contribution in [3.63, 3.8) is 0 Å². The Morgan fingerprint density at radius 3 is 2.69 bits per heavy atom. The van der Waals surface area contributed by atoms with Gasteiger partial charge in [-0.2, -0.15) is 0 Å². The lowest BCUT2D eigenvalue weighted by molar-refractivity contribution is -0.0129. The van der Waals surface area contributed by atoms with Crippen molar-refractivity contribution >= 4 is 5.91 Å². The van der Waals surface area contributed by atoms with Crippen LogP contribution in [0.1, 0.15) is 46.1 Å². The molecule has 0 bridgehead atoms. The van der Waals surface area contributed by atoms with Crippen LogP contribution in [0.15, 0.2) is 71.3 Å². The molecule has 0 unspecified atom stereocenters. The van der Waals surface area contributed by atoms with Crippen LogP contribution in [0.4, 0.5) is 4.39 Å². The largest absolute Gasteiger partial charge is 0.468 e. The van der Waals surface area contributed by atoms with Crippen LogP contribution in [0.5, 0.6) is 0 Å². The number of fused-ring (bicyclic) bond motifs is 2. The molecule has 1 saturated heterocycles. The van der Waals surface area contributed by atoms with Gasteiger partial charge in [0.1, 0.15) is 11.6 Å². The third-order valence-corrected chi connectivity index (χ3v) is 7.01. The highest BCUT2D eigenvalue weighted by Crippen LogP contribution is 2.52. The Bertz CT molecular complexity index is 1090. The number of nitrogens with zero attached hydrogens (tertiary/aromatic N) is 1. The van der Waals surface area contributed by atoms with Gasteiger partial charge in [-0.3, -0.25) is 9.69 Å². The van der Waals surface area contributed by atoms with E-state index in [0.717, 1.165) is 43.8 Å². The highest BCUT2D eigenvalue weighted by molar-refractivity contribution is 5.94. The molecule has 5 nitrogen and oxygen atoms in total. The fourth-order valence-electron chi connectivity index (χ4n) is 5.51. The van der Waals surface area contributed by atoms with E-state index in [0.29, 0.717) is 5.56 Å². The van der Waals surface area contributed by atoms with Gasteiger partial charge in [-0.1, -0.05) is 30.3 Å². The SMILES string of the molecule is CO[C@H]1[C@H](NC(=O)c2cccc(F)c2)c2ccccc2C12CCN(Cc1ccco1)CC2. The number of methoxy groups -OCH3 is 1. The fraction of sp³-hybridized carbons (Fsp3) is 0.346. The summed E-state index contributed by atoms with van der Waals surface area (Å²) in [5.74, 6) is 0.253. The Kier molecular flexibility index (Phi) is 5.57. The molecule has 0 radical (unpaired) electrons. The van der Waals surface area contributed by atoms with Gasteiger partial charge in [-0.05, 0) is 67.4 Å². The first-order valence-corrected chi connectivity index (χ1v) is 11.0. The summed E-state index contributed by atoms with van der Waals surface area (Å²) in [5, 5.41) is 3.14. The lowest BCUT2D eigenvalue weighted by atomic mass is 9.72. The molecular formula is C26H27FN2O3. The lowest BCUT2D eigenvalue weighted by Crippen LogP contribution is -2.50. The average molecular weight is 435 g/mol. The monoisotopic (exact) mass is 434 g/mol. The topological polar surface area (TPSA) is 54.7 Å². The number of benzene rings is 2. The summed E-state index contributed by atoms with van der Waals surface area (Å²) in [5.41, 5.74) is 2.47. The van der Waals surface area contributed by atoms with Crippen molar-refractivity contribution < 1.29 is 18.3 Å². The highest BCUT2D eigenvalue weighted by atomic mass is 19.1. The van der Waals surface area contributed by atoms with E-state index in [9.17, 15) is 9.18 Å². The summed E-state index contributed by atoms with van der Waals surface area (Å²) in [6, 6.07) is 17.7. The quantitative estimate of drug-likeness (QED) is 0.645. The molecule has 6 heteroatoms. The zero-order chi connectivity index (χ0) is 22.1. The normalized spacial score (nSPS) is 22.1. The summed E-state index contributed by atoms with van der Waals surface area (Å²) in [6.45, 7) is 2.63. The Labute approximate surface area is 187 Å². The molecule has 5 rings (SSSR count). The number of rotatable bonds is 5. The van der Waals surface area contributed by atoms with Crippen molar-refractivity contribution in [3.05, 3.63) is 95.2 Å². The fourth-order valence-corrected chi connectivity index (χ4v) is 5.51. The first-order valence-electron chi connectivity index (χ1n) is 11.0. The summed E-state index contributed by atoms with van der Waals surface area (Å²) >= 11 is 0. The van der Waals surface area contributed by atoms with Gasteiger partial charge in [0.15, 0.2) is 0 Å². The van der Waals surface area contributed by atoms with Crippen molar-refractivity contribution in [3.8, 4) is 0 Å². The minimum atomic E-state index is -0.423. The van der Waals surface area contributed by atoms with Crippen LogP contribution in [-0.4, -0.2) is 37.1 Å². The molecule has 1 spiro atoms. The number of amides is 1. The van der Waals surface area contributed by atoms with Gasteiger partial charge in [-0.25, -0.2) is 4.39 Å². The van der Waals surface area contributed by atoms with Crippen molar-refractivity contribution in [2.45, 2.75) is 36.9 Å². The second-order valence-corrected chi connectivity index (χ2v) is 8.72. The van der Waals surface area contributed by atoms with E-state index in [1.807, 2.05) is 18.2 Å². The Morgan fingerprint density at radius 2 is 1.97 bits per heavy atom. The van der Waals surface area contributed by atoms with E-state index in [1.54, 1.807) is 25.5 Å². The maximum Gasteiger partial charge on any atom is 0.251 e. The summed E-state index contributed by atoms with van der Waals surface area (Å²) < 4.78 is 25.3. The summed E-state index contributed by atoms with van der Waals surface area (Å²) in [7, 11) is 1.72. The van der Waals surface area contributed by atoms with E-state index in [1.165, 1.54) is 17.7 Å². The van der Waals surface area contributed by atoms with Crippen LogP contribution >= 0.6 is 0 Å². The van der Waals surface area contributed by atoms with Crippen molar-refractivity contribution in [2.24, 2.45) is 0 Å². The number of piperidine rings is 1. The summed E-state index contributed by atoms with van der Waals surface area (Å²) in [4.78, 5) is 15.4. The van der Waals surface area contributed by atoms with Crippen molar-refractivity contribution in [1.29, 1.82) is 0 Å². The van der Waals surface area contributed by atoms with E-state index in [4.69, 9.17) is 9.15 Å². The number of likely N-dealkylation sites (tertiary alicyclic amines) is 1. The van der Waals surface area contributed by atoms with E-state index < -0.39 is 5.82 Å². The van der Waals surface area contributed by atoms with Gasteiger partial charge in [0.25, 0.3) is 5.91 Å². The molecule has 2 aromatic carbocycles. The highest BCUT2D eigenvalue weighted by Gasteiger charge is 2.54. The summed E-state index contributed by atoms with van der Waals surface area (Å²) in [6.07, 6.45) is 3.37. The third-order valence-electron chi connectivity index (χ3n) is 7.01. The number of nitrogens with one attached hydrogen (secondary N) is 1. The Hall–Kier alpha value is -2.96. The van der Waals surface area contributed by atoms with Crippen LogP contribution in [0.25, 0.3) is 0 Å². The van der Waals surface area contributed by atoms with Gasteiger partial charge in [0.2, 0.25) is 0 Å². The Morgan fingerprint density at radius 1 is 1.16 bits per heavy atom. The van der Waals surface area contributed by atoms with E-state index in [2.05, 4.69) is 28.4 Å². The molecular weight excluding hydrogens is 407 g/mol. The molecule has 1 amide bonds. The maximum atomic E-state index is 13.7. The molecule has 0 saturated carbocycles. The molecule has 1 aliphatic carbocycles. The van der Waals surface area contributed by atoms with Gasteiger partial charge in [0, 0.05) is 18.1 Å². The number of halogens is 1. The molecule has 1 aromatic heterocycles. The standard InChI is InChI=1S/C26H27FN2O3/c1-31-24-23(28-25(30)18-6-4-7-19(27)16-18)21-9-2-3-10-22(21)26(24)11-13-29(14-12-26)17-20-8-5-15-32-20/h2-10,15-16,23-24H,11-14,17H2,1H3,(H,28,30)/t23-,24+/m1/s1. The zero-order valence-corrected chi connectivity index (χ0v) is 18.1. The zero-order valence-electron chi connectivity index (χ0n) is 18.1. The van der Waals surface area contributed by atoms with Crippen LogP contribution in [0, 0.1) is 5.82 Å². The molecule has 166 valence electrons. The first kappa shape index (κ1) is 20.9. The lowest BCUT2D eigenvalue weighted by Gasteiger charge is -2.44. The van der Waals surface area contributed by atoms with E-state index >= 15 is 0 Å². The van der Waals surface area contributed by atoms with Gasteiger partial charge in [0.05, 0.1) is 25.0 Å². The van der Waals surface area contributed by atoms with Gasteiger partial charge in [-0.15, -0.1) is 0 Å². The predicted octanol–water partition coefficient (Wildman–Crippen LogP) is 4.45. The smallest absolute Gasteiger partial charge is 0.251 e. The second-order valence-electron chi connectivity index (χ2n) is 8.72. The number of hydrogen-bond donors (Lipinski definition) is 1. The van der Waals surface area contributed by atoms with Gasteiger partial charge < -0.3 is 14.5 Å². The maximum absolute atomic E-state index is 13.7. The molecule has 3 aromatic rings. The third kappa shape index (κ3) is 3.63. The van der Waals surface area contributed by atoms with Crippen molar-refractivity contribution in [1.82, 2.24) is 10.2 Å². The molecule has 2 atom stereocenters.